The maximum absolute atomic E-state index is 11.9. The van der Waals surface area contributed by atoms with Crippen LogP contribution in [-0.2, 0) is 11.3 Å². The van der Waals surface area contributed by atoms with Gasteiger partial charge in [-0.2, -0.15) is 0 Å². The van der Waals surface area contributed by atoms with Gasteiger partial charge in [0.05, 0.1) is 10.3 Å². The Labute approximate surface area is 120 Å². The average Bonchev–Trinajstić information content (AvgIpc) is 2.76. The second-order valence-corrected chi connectivity index (χ2v) is 7.04. The summed E-state index contributed by atoms with van der Waals surface area (Å²) in [6, 6.07) is 4.10. The second kappa shape index (κ2) is 6.65. The quantitative estimate of drug-likeness (QED) is 0.905. The van der Waals surface area contributed by atoms with E-state index in [1.807, 2.05) is 11.0 Å². The van der Waals surface area contributed by atoms with Gasteiger partial charge < -0.3 is 15.1 Å². The lowest BCUT2D eigenvalue weighted by Crippen LogP contribution is -2.49. The molecule has 0 unspecified atom stereocenters. The summed E-state index contributed by atoms with van der Waals surface area (Å²) in [7, 11) is 2.09. The molecule has 6 heteroatoms. The molecule has 0 spiro atoms. The van der Waals surface area contributed by atoms with E-state index >= 15 is 0 Å². The number of hydrogen-bond donors (Lipinski definition) is 1. The summed E-state index contributed by atoms with van der Waals surface area (Å²) < 4.78 is 1.13. The van der Waals surface area contributed by atoms with Crippen molar-refractivity contribution in [3.63, 3.8) is 0 Å². The van der Waals surface area contributed by atoms with Gasteiger partial charge >= 0.3 is 0 Å². The van der Waals surface area contributed by atoms with Crippen molar-refractivity contribution in [3.05, 3.63) is 20.8 Å². The lowest BCUT2D eigenvalue weighted by atomic mass is 10.3. The van der Waals surface area contributed by atoms with Gasteiger partial charge in [-0.3, -0.25) is 4.79 Å². The maximum atomic E-state index is 11.9. The topological polar surface area (TPSA) is 35.6 Å². The van der Waals surface area contributed by atoms with E-state index in [0.717, 1.165) is 36.5 Å². The summed E-state index contributed by atoms with van der Waals surface area (Å²) in [4.78, 5) is 17.4. The van der Waals surface area contributed by atoms with Crippen molar-refractivity contribution < 1.29 is 4.79 Å². The van der Waals surface area contributed by atoms with Crippen molar-refractivity contribution in [3.8, 4) is 0 Å². The van der Waals surface area contributed by atoms with Gasteiger partial charge in [0, 0.05) is 37.6 Å². The maximum Gasteiger partial charge on any atom is 0.236 e. The van der Waals surface area contributed by atoms with Gasteiger partial charge in [-0.1, -0.05) is 0 Å². The highest BCUT2D eigenvalue weighted by atomic mass is 79.9. The molecule has 1 aliphatic rings. The minimum atomic E-state index is 0.207. The van der Waals surface area contributed by atoms with Crippen LogP contribution < -0.4 is 5.32 Å². The van der Waals surface area contributed by atoms with Crippen LogP contribution in [-0.4, -0.2) is 55.5 Å². The fourth-order valence-electron chi connectivity index (χ4n) is 1.91. The number of thiophene rings is 1. The SMILES string of the molecule is CN1CCN(C(=O)CNCc2ccc(Br)s2)CC1. The van der Waals surface area contributed by atoms with Crippen molar-refractivity contribution in [1.82, 2.24) is 15.1 Å². The highest BCUT2D eigenvalue weighted by Gasteiger charge is 2.18. The summed E-state index contributed by atoms with van der Waals surface area (Å²) in [5.41, 5.74) is 0. The Kier molecular flexibility index (Phi) is 5.17. The van der Waals surface area contributed by atoms with E-state index in [-0.39, 0.29) is 5.91 Å². The van der Waals surface area contributed by atoms with Crippen molar-refractivity contribution in [2.24, 2.45) is 0 Å². The number of carbonyl (C=O) groups is 1. The standard InChI is InChI=1S/C12H18BrN3OS/c1-15-4-6-16(7-5-15)12(17)9-14-8-10-2-3-11(13)18-10/h2-3,14H,4-9H2,1H3. The van der Waals surface area contributed by atoms with Crippen LogP contribution in [0.25, 0.3) is 0 Å². The molecule has 0 atom stereocenters. The first-order valence-corrected chi connectivity index (χ1v) is 7.67. The van der Waals surface area contributed by atoms with Crippen molar-refractivity contribution >= 4 is 33.2 Å². The van der Waals surface area contributed by atoms with E-state index in [0.29, 0.717) is 6.54 Å². The largest absolute Gasteiger partial charge is 0.339 e. The highest BCUT2D eigenvalue weighted by molar-refractivity contribution is 9.11. The van der Waals surface area contributed by atoms with E-state index in [2.05, 4.69) is 39.3 Å². The minimum Gasteiger partial charge on any atom is -0.339 e. The van der Waals surface area contributed by atoms with Gasteiger partial charge in [0.2, 0.25) is 5.91 Å². The van der Waals surface area contributed by atoms with Crippen LogP contribution in [0.5, 0.6) is 0 Å². The molecule has 1 N–H and O–H groups in total. The monoisotopic (exact) mass is 331 g/mol. The van der Waals surface area contributed by atoms with E-state index in [1.54, 1.807) is 11.3 Å². The third-order valence-electron chi connectivity index (χ3n) is 3.06. The number of halogens is 1. The third-order valence-corrected chi connectivity index (χ3v) is 4.68. The molecule has 1 aliphatic heterocycles. The van der Waals surface area contributed by atoms with Gasteiger partial charge in [-0.25, -0.2) is 0 Å². The molecule has 1 aromatic heterocycles. The van der Waals surface area contributed by atoms with Crippen LogP contribution >= 0.6 is 27.3 Å². The van der Waals surface area contributed by atoms with Crippen LogP contribution in [0.1, 0.15) is 4.88 Å². The Bertz CT molecular complexity index is 402. The molecule has 100 valence electrons. The molecule has 0 saturated carbocycles. The lowest BCUT2D eigenvalue weighted by Gasteiger charge is -2.32. The zero-order chi connectivity index (χ0) is 13.0. The number of rotatable bonds is 4. The first-order valence-electron chi connectivity index (χ1n) is 6.06. The number of hydrogen-bond acceptors (Lipinski definition) is 4. The summed E-state index contributed by atoms with van der Waals surface area (Å²) >= 11 is 5.13. The van der Waals surface area contributed by atoms with Crippen molar-refractivity contribution in [2.45, 2.75) is 6.54 Å². The van der Waals surface area contributed by atoms with Crippen LogP contribution in [0.4, 0.5) is 0 Å². The number of nitrogens with zero attached hydrogens (tertiary/aromatic N) is 2. The van der Waals surface area contributed by atoms with Gasteiger partial charge in [0.1, 0.15) is 0 Å². The first-order chi connectivity index (χ1) is 8.65. The molecule has 0 aromatic carbocycles. The Morgan fingerprint density at radius 1 is 1.39 bits per heavy atom. The number of piperazine rings is 1. The lowest BCUT2D eigenvalue weighted by molar-refractivity contribution is -0.131. The number of nitrogens with one attached hydrogen (secondary N) is 1. The molecule has 1 amide bonds. The van der Waals surface area contributed by atoms with Crippen molar-refractivity contribution in [1.29, 1.82) is 0 Å². The van der Waals surface area contributed by atoms with Crippen LogP contribution in [0.15, 0.2) is 15.9 Å². The van der Waals surface area contributed by atoms with Crippen LogP contribution in [0.2, 0.25) is 0 Å². The highest BCUT2D eigenvalue weighted by Crippen LogP contribution is 2.21. The molecule has 2 rings (SSSR count). The molecule has 1 saturated heterocycles. The van der Waals surface area contributed by atoms with E-state index < -0.39 is 0 Å². The van der Waals surface area contributed by atoms with Gasteiger partial charge in [-0.15, -0.1) is 11.3 Å². The molecule has 1 aromatic rings. The van der Waals surface area contributed by atoms with E-state index in [1.165, 1.54) is 4.88 Å². The van der Waals surface area contributed by atoms with Gasteiger partial charge in [0.25, 0.3) is 0 Å². The van der Waals surface area contributed by atoms with E-state index in [9.17, 15) is 4.79 Å². The molecule has 0 aliphatic carbocycles. The van der Waals surface area contributed by atoms with Crippen LogP contribution in [0.3, 0.4) is 0 Å². The smallest absolute Gasteiger partial charge is 0.236 e. The number of amides is 1. The predicted molar refractivity (Wildman–Crippen MR) is 77.8 cm³/mol. The van der Waals surface area contributed by atoms with Gasteiger partial charge in [0.15, 0.2) is 0 Å². The zero-order valence-electron chi connectivity index (χ0n) is 10.5. The summed E-state index contributed by atoms with van der Waals surface area (Å²) in [5.74, 6) is 0.207. The summed E-state index contributed by atoms with van der Waals surface area (Å²) in [6.07, 6.45) is 0. The Morgan fingerprint density at radius 2 is 2.11 bits per heavy atom. The normalized spacial score (nSPS) is 17.1. The first kappa shape index (κ1) is 14.0. The molecule has 0 bridgehead atoms. The average molecular weight is 332 g/mol. The Hall–Kier alpha value is -0.430. The fraction of sp³-hybridized carbons (Fsp3) is 0.583. The molecule has 18 heavy (non-hydrogen) atoms. The second-order valence-electron chi connectivity index (χ2n) is 4.49. The summed E-state index contributed by atoms with van der Waals surface area (Å²) in [6.45, 7) is 4.84. The van der Waals surface area contributed by atoms with E-state index in [4.69, 9.17) is 0 Å². The molecular formula is C12H18BrN3OS. The molecule has 4 nitrogen and oxygen atoms in total. The Morgan fingerprint density at radius 3 is 2.72 bits per heavy atom. The molecular weight excluding hydrogens is 314 g/mol. The third kappa shape index (κ3) is 4.05. The predicted octanol–water partition coefficient (Wildman–Crippen LogP) is 1.37. The minimum absolute atomic E-state index is 0.207. The number of carbonyl (C=O) groups excluding carboxylic acids is 1. The summed E-state index contributed by atoms with van der Waals surface area (Å²) in [5, 5.41) is 3.21. The van der Waals surface area contributed by atoms with Crippen LogP contribution in [0, 0.1) is 0 Å². The molecule has 0 radical (unpaired) electrons. The zero-order valence-corrected chi connectivity index (χ0v) is 12.9. The Balaban J connectivity index is 1.68. The number of likely N-dealkylation sites (N-methyl/N-ethyl adjacent to an activating group) is 1. The van der Waals surface area contributed by atoms with Crippen molar-refractivity contribution in [2.75, 3.05) is 39.8 Å². The fourth-order valence-corrected chi connectivity index (χ4v) is 3.36. The van der Waals surface area contributed by atoms with Gasteiger partial charge in [-0.05, 0) is 35.1 Å². The molecule has 1 fully saturated rings. The molecule has 2 heterocycles.